The molecule has 1 saturated carbocycles. The monoisotopic (exact) mass is 851 g/mol. The number of carbonyl (C=O) groups excluding carboxylic acids is 5. The molecule has 1 atom stereocenters. The smallest absolute Gasteiger partial charge is 0.264 e. The molecule has 1 aliphatic carbocycles. The quantitative estimate of drug-likeness (QED) is 0.163. The maximum absolute atomic E-state index is 14.1. The van der Waals surface area contributed by atoms with E-state index in [1.165, 1.54) is 39.2 Å². The van der Waals surface area contributed by atoms with Crippen molar-refractivity contribution in [1.29, 1.82) is 0 Å². The lowest BCUT2D eigenvalue weighted by Gasteiger charge is -2.37. The van der Waals surface area contributed by atoms with Crippen molar-refractivity contribution in [3.05, 3.63) is 81.3 Å². The average molecular weight is 852 g/mol. The lowest BCUT2D eigenvalue weighted by atomic mass is 9.89. The third kappa shape index (κ3) is 8.16. The SMILES string of the molecule is CC(=O)N1CCc2c(c(N3CCCc4cc(-c5cnn(C)c5)c(C(F)F)cc43)nn2C)C1.CNC(=O)C(CCC=O)N1C(=O)c2cc3c(cc2C1=O)CN(C1CCCCC1)CC3. The number of hydrogen-bond donors (Lipinski definition) is 1. The number of nitrogens with one attached hydrogen (secondary N) is 1. The van der Waals surface area contributed by atoms with Gasteiger partial charge in [-0.1, -0.05) is 19.3 Å². The van der Waals surface area contributed by atoms with Gasteiger partial charge in [0.15, 0.2) is 5.82 Å². The molecule has 2 aromatic carbocycles. The predicted molar refractivity (Wildman–Crippen MR) is 228 cm³/mol. The van der Waals surface area contributed by atoms with Crippen molar-refractivity contribution in [1.82, 2.24) is 39.6 Å². The van der Waals surface area contributed by atoms with Gasteiger partial charge >= 0.3 is 0 Å². The molecule has 0 bridgehead atoms. The molecule has 1 unspecified atom stereocenters. The molecule has 16 heteroatoms. The van der Waals surface area contributed by atoms with Gasteiger partial charge in [0.2, 0.25) is 11.8 Å². The average Bonchev–Trinajstić information content (AvgIpc) is 3.94. The van der Waals surface area contributed by atoms with Gasteiger partial charge in [-0.3, -0.25) is 38.3 Å². The molecular weight excluding hydrogens is 797 g/mol. The largest absolute Gasteiger partial charge is 0.357 e. The molecule has 0 spiro atoms. The van der Waals surface area contributed by atoms with Crippen LogP contribution in [-0.4, -0.2) is 103 Å². The summed E-state index contributed by atoms with van der Waals surface area (Å²) < 4.78 is 31.7. The Morgan fingerprint density at radius 3 is 2.27 bits per heavy atom. The van der Waals surface area contributed by atoms with Gasteiger partial charge in [0, 0.05) is 107 Å². The van der Waals surface area contributed by atoms with E-state index in [0.717, 1.165) is 83.1 Å². The summed E-state index contributed by atoms with van der Waals surface area (Å²) in [6.45, 7) is 5.22. The van der Waals surface area contributed by atoms with E-state index < -0.39 is 30.2 Å². The minimum absolute atomic E-state index is 0.00110. The Labute approximate surface area is 360 Å². The highest BCUT2D eigenvalue weighted by Gasteiger charge is 2.43. The zero-order valence-corrected chi connectivity index (χ0v) is 36.0. The number of alkyl halides is 2. The number of imide groups is 1. The van der Waals surface area contributed by atoms with Crippen molar-refractivity contribution < 1.29 is 32.8 Å². The highest BCUT2D eigenvalue weighted by Crippen LogP contribution is 2.43. The van der Waals surface area contributed by atoms with Crippen LogP contribution in [0.4, 0.5) is 20.3 Å². The van der Waals surface area contributed by atoms with Crippen molar-refractivity contribution in [3.63, 3.8) is 0 Å². The van der Waals surface area contributed by atoms with Crippen LogP contribution < -0.4 is 10.2 Å². The number of benzene rings is 2. The summed E-state index contributed by atoms with van der Waals surface area (Å²) in [5, 5.41) is 11.4. The molecule has 6 heterocycles. The Bertz CT molecular complexity index is 2400. The van der Waals surface area contributed by atoms with Gasteiger partial charge < -0.3 is 19.9 Å². The van der Waals surface area contributed by atoms with Crippen LogP contribution in [0.2, 0.25) is 0 Å². The summed E-state index contributed by atoms with van der Waals surface area (Å²) in [5.41, 5.74) is 8.12. The van der Waals surface area contributed by atoms with Crippen molar-refractivity contribution in [2.24, 2.45) is 14.1 Å². The second kappa shape index (κ2) is 17.9. The number of halogens is 2. The number of aryl methyl sites for hydroxylation is 3. The van der Waals surface area contributed by atoms with Gasteiger partial charge in [-0.15, -0.1) is 0 Å². The predicted octanol–water partition coefficient (Wildman–Crippen LogP) is 5.81. The van der Waals surface area contributed by atoms with E-state index in [9.17, 15) is 32.8 Å². The lowest BCUT2D eigenvalue weighted by molar-refractivity contribution is -0.129. The van der Waals surface area contributed by atoms with E-state index in [-0.39, 0.29) is 24.3 Å². The zero-order valence-electron chi connectivity index (χ0n) is 36.0. The van der Waals surface area contributed by atoms with Crippen LogP contribution in [0.1, 0.15) is 119 Å². The molecule has 2 aromatic heterocycles. The van der Waals surface area contributed by atoms with Gasteiger partial charge in [-0.05, 0) is 85.0 Å². The first kappa shape index (κ1) is 42.9. The number of fused-ring (bicyclic) bond motifs is 4. The lowest BCUT2D eigenvalue weighted by Crippen LogP contribution is -2.48. The van der Waals surface area contributed by atoms with E-state index in [0.29, 0.717) is 54.2 Å². The fraction of sp³-hybridized carbons (Fsp3) is 0.500. The van der Waals surface area contributed by atoms with E-state index >= 15 is 0 Å². The zero-order chi connectivity index (χ0) is 43.8. The molecule has 0 saturated heterocycles. The molecular formula is C46H55F2N9O5. The second-order valence-corrected chi connectivity index (χ2v) is 17.1. The summed E-state index contributed by atoms with van der Waals surface area (Å²) >= 11 is 0. The van der Waals surface area contributed by atoms with Gasteiger partial charge in [0.25, 0.3) is 18.2 Å². The standard InChI is InChI=1S/C23H26F2N6O.C23H29N3O4/c1-14(32)30-8-6-20-19(13-30)23(27-29(20)3)31-7-4-5-15-9-17(16-11-26-28(2)12-16)18(22(24)25)10-21(15)31;1-24-21(28)20(8-5-11-27)26-22(29)18-12-15-9-10-25(17-6-3-2-4-7-17)14-16(15)13-19(18)23(26)30/h9-12,22H,4-8,13H2,1-3H3;11-13,17,20H,2-10,14H2,1H3,(H,24,28). The highest BCUT2D eigenvalue weighted by atomic mass is 19.3. The first-order valence-corrected chi connectivity index (χ1v) is 21.8. The molecule has 5 aliphatic rings. The summed E-state index contributed by atoms with van der Waals surface area (Å²) in [6.07, 6.45) is 11.4. The molecule has 9 rings (SSSR count). The molecule has 328 valence electrons. The Morgan fingerprint density at radius 2 is 1.61 bits per heavy atom. The Kier molecular flexibility index (Phi) is 12.4. The number of carbonyl (C=O) groups is 5. The van der Waals surface area contributed by atoms with Crippen LogP contribution in [0.15, 0.2) is 36.7 Å². The van der Waals surface area contributed by atoms with Crippen LogP contribution in [0.25, 0.3) is 11.1 Å². The number of aromatic nitrogens is 4. The van der Waals surface area contributed by atoms with Crippen LogP contribution in [-0.2, 0) is 60.8 Å². The topological polar surface area (TPSA) is 146 Å². The van der Waals surface area contributed by atoms with Crippen molar-refractivity contribution in [2.45, 2.75) is 109 Å². The Morgan fingerprint density at radius 1 is 0.887 bits per heavy atom. The Hall–Kier alpha value is -5.77. The second-order valence-electron chi connectivity index (χ2n) is 17.1. The van der Waals surface area contributed by atoms with Crippen molar-refractivity contribution >= 4 is 41.4 Å². The molecule has 14 nitrogen and oxygen atoms in total. The van der Waals surface area contributed by atoms with Crippen LogP contribution in [0.3, 0.4) is 0 Å². The summed E-state index contributed by atoms with van der Waals surface area (Å²) in [4.78, 5) is 68.8. The number of aldehydes is 1. The first-order valence-electron chi connectivity index (χ1n) is 21.8. The third-order valence-corrected chi connectivity index (χ3v) is 13.3. The number of hydrogen-bond acceptors (Lipinski definition) is 9. The van der Waals surface area contributed by atoms with Gasteiger partial charge in [-0.2, -0.15) is 10.2 Å². The highest BCUT2D eigenvalue weighted by molar-refractivity contribution is 6.23. The number of rotatable bonds is 9. The summed E-state index contributed by atoms with van der Waals surface area (Å²) in [7, 11) is 5.15. The van der Waals surface area contributed by atoms with Crippen LogP contribution in [0, 0.1) is 0 Å². The van der Waals surface area contributed by atoms with Crippen molar-refractivity contribution in [3.8, 4) is 11.1 Å². The third-order valence-electron chi connectivity index (χ3n) is 13.3. The molecule has 62 heavy (non-hydrogen) atoms. The number of nitrogens with zero attached hydrogens (tertiary/aromatic N) is 8. The first-order chi connectivity index (χ1) is 29.9. The maximum Gasteiger partial charge on any atom is 0.264 e. The summed E-state index contributed by atoms with van der Waals surface area (Å²) in [5.74, 6) is -0.506. The molecule has 4 amide bonds. The minimum atomic E-state index is -2.61. The molecule has 0 radical (unpaired) electrons. The molecule has 1 N–H and O–H groups in total. The van der Waals surface area contributed by atoms with Gasteiger partial charge in [0.1, 0.15) is 12.3 Å². The molecule has 1 fully saturated rings. The normalized spacial score (nSPS) is 18.1. The fourth-order valence-corrected chi connectivity index (χ4v) is 10.1. The van der Waals surface area contributed by atoms with Crippen LogP contribution >= 0.6 is 0 Å². The maximum atomic E-state index is 14.1. The van der Waals surface area contributed by atoms with Crippen molar-refractivity contribution in [2.75, 3.05) is 31.6 Å². The molecule has 4 aliphatic heterocycles. The van der Waals surface area contributed by atoms with E-state index in [4.69, 9.17) is 5.10 Å². The van der Waals surface area contributed by atoms with Gasteiger partial charge in [-0.25, -0.2) is 8.78 Å². The number of amides is 4. The summed E-state index contributed by atoms with van der Waals surface area (Å²) in [6, 6.07) is 6.86. The van der Waals surface area contributed by atoms with Crippen LogP contribution in [0.5, 0.6) is 0 Å². The van der Waals surface area contributed by atoms with Gasteiger partial charge in [0.05, 0.1) is 23.9 Å². The number of anilines is 2. The van der Waals surface area contributed by atoms with E-state index in [1.807, 2.05) is 34.8 Å². The number of likely N-dealkylation sites (N-methyl/N-ethyl adjacent to an activating group) is 1. The minimum Gasteiger partial charge on any atom is -0.357 e. The Balaban J connectivity index is 0.000000171. The van der Waals surface area contributed by atoms with E-state index in [1.54, 1.807) is 37.1 Å². The fourth-order valence-electron chi connectivity index (χ4n) is 10.1. The molecule has 4 aromatic rings. The van der Waals surface area contributed by atoms with E-state index in [2.05, 4.69) is 20.2 Å².